The zero-order valence-corrected chi connectivity index (χ0v) is 16.4. The van der Waals surface area contributed by atoms with Gasteiger partial charge in [0.05, 0.1) is 27.2 Å². The van der Waals surface area contributed by atoms with Crippen LogP contribution in [0, 0.1) is 11.8 Å². The first-order valence-electron chi connectivity index (χ1n) is 9.94. The van der Waals surface area contributed by atoms with Gasteiger partial charge in [0.2, 0.25) is 0 Å². The maximum atomic E-state index is 3.30. The van der Waals surface area contributed by atoms with Crippen molar-refractivity contribution in [2.24, 2.45) is 0 Å². The standard InChI is InChI=1S/C24H32N2/c1-25(21-13-18-23-14-7-5-8-15-23)19-11-3-4-12-20-26(2)22-24-16-9-6-10-17-24/h5-10,14-17H,3-4,11-12,19-22H2,1-2H3/p+2. The highest BCUT2D eigenvalue weighted by molar-refractivity contribution is 5.33. The normalized spacial score (nSPS) is 12.8. The van der Waals surface area contributed by atoms with Crippen LogP contribution in [-0.4, -0.2) is 33.7 Å². The lowest BCUT2D eigenvalue weighted by atomic mass is 10.1. The molecule has 0 spiro atoms. The highest BCUT2D eigenvalue weighted by Crippen LogP contribution is 1.98. The summed E-state index contributed by atoms with van der Waals surface area (Å²) in [6.07, 6.45) is 5.30. The van der Waals surface area contributed by atoms with Crippen LogP contribution < -0.4 is 9.80 Å². The summed E-state index contributed by atoms with van der Waals surface area (Å²) in [5.74, 6) is 6.55. The summed E-state index contributed by atoms with van der Waals surface area (Å²) in [7, 11) is 4.55. The zero-order chi connectivity index (χ0) is 18.5. The maximum Gasteiger partial charge on any atom is 0.139 e. The van der Waals surface area contributed by atoms with Gasteiger partial charge in [0.1, 0.15) is 13.1 Å². The van der Waals surface area contributed by atoms with Crippen molar-refractivity contribution in [3.63, 3.8) is 0 Å². The van der Waals surface area contributed by atoms with Gasteiger partial charge in [0.15, 0.2) is 0 Å². The summed E-state index contributed by atoms with van der Waals surface area (Å²) in [5.41, 5.74) is 2.55. The van der Waals surface area contributed by atoms with E-state index < -0.39 is 0 Å². The van der Waals surface area contributed by atoms with Crippen LogP contribution in [0.3, 0.4) is 0 Å². The Labute approximate surface area is 159 Å². The molecule has 0 heterocycles. The van der Waals surface area contributed by atoms with E-state index in [1.165, 1.54) is 49.2 Å². The molecule has 0 aromatic heterocycles. The molecule has 0 aliphatic heterocycles. The van der Waals surface area contributed by atoms with Gasteiger partial charge in [-0.1, -0.05) is 54.5 Å². The van der Waals surface area contributed by atoms with E-state index in [1.807, 2.05) is 18.2 Å². The van der Waals surface area contributed by atoms with Gasteiger partial charge in [0.25, 0.3) is 0 Å². The molecule has 2 aromatic carbocycles. The molecule has 0 aliphatic carbocycles. The number of nitrogens with one attached hydrogen (secondary N) is 2. The molecule has 2 rings (SSSR count). The summed E-state index contributed by atoms with van der Waals surface area (Å²) in [6, 6.07) is 21.1. The van der Waals surface area contributed by atoms with Gasteiger partial charge >= 0.3 is 0 Å². The van der Waals surface area contributed by atoms with Crippen molar-refractivity contribution in [2.75, 3.05) is 33.7 Å². The van der Waals surface area contributed by atoms with Crippen LogP contribution in [0.4, 0.5) is 0 Å². The molecule has 0 fully saturated rings. The molecule has 0 radical (unpaired) electrons. The van der Waals surface area contributed by atoms with Gasteiger partial charge in [0, 0.05) is 11.1 Å². The number of benzene rings is 2. The highest BCUT2D eigenvalue weighted by atomic mass is 15.1. The van der Waals surface area contributed by atoms with Gasteiger partial charge in [-0.2, -0.15) is 0 Å². The molecule has 0 saturated heterocycles. The van der Waals surface area contributed by atoms with Gasteiger partial charge in [-0.3, -0.25) is 0 Å². The zero-order valence-electron chi connectivity index (χ0n) is 16.4. The lowest BCUT2D eigenvalue weighted by Gasteiger charge is -2.14. The number of rotatable bonds is 10. The molecular weight excluding hydrogens is 316 g/mol. The molecule has 0 bridgehead atoms. The second kappa shape index (κ2) is 12.3. The van der Waals surface area contributed by atoms with E-state index in [1.54, 1.807) is 4.90 Å². The predicted molar refractivity (Wildman–Crippen MR) is 110 cm³/mol. The highest BCUT2D eigenvalue weighted by Gasteiger charge is 2.04. The summed E-state index contributed by atoms with van der Waals surface area (Å²) in [4.78, 5) is 3.12. The van der Waals surface area contributed by atoms with Crippen molar-refractivity contribution in [3.8, 4) is 11.8 Å². The molecule has 2 unspecified atom stereocenters. The molecule has 138 valence electrons. The van der Waals surface area contributed by atoms with Crippen LogP contribution in [0.15, 0.2) is 60.7 Å². The molecule has 2 N–H and O–H groups in total. The van der Waals surface area contributed by atoms with E-state index >= 15 is 0 Å². The van der Waals surface area contributed by atoms with E-state index in [4.69, 9.17) is 0 Å². The lowest BCUT2D eigenvalue weighted by molar-refractivity contribution is -0.894. The summed E-state index contributed by atoms with van der Waals surface area (Å²) in [5, 5.41) is 0. The van der Waals surface area contributed by atoms with Gasteiger partial charge in [-0.15, -0.1) is 0 Å². The second-order valence-electron chi connectivity index (χ2n) is 7.34. The van der Waals surface area contributed by atoms with Crippen molar-refractivity contribution in [1.82, 2.24) is 0 Å². The van der Waals surface area contributed by atoms with E-state index in [9.17, 15) is 0 Å². The molecule has 0 amide bonds. The Hall–Kier alpha value is -2.08. The smallest absolute Gasteiger partial charge is 0.139 e. The third-order valence-corrected chi connectivity index (χ3v) is 4.70. The Kier molecular flexibility index (Phi) is 9.57. The van der Waals surface area contributed by atoms with E-state index in [0.29, 0.717) is 0 Å². The second-order valence-corrected chi connectivity index (χ2v) is 7.34. The monoisotopic (exact) mass is 350 g/mol. The molecule has 26 heavy (non-hydrogen) atoms. The Balaban J connectivity index is 1.49. The average Bonchev–Trinajstić information content (AvgIpc) is 2.66. The maximum absolute atomic E-state index is 3.30. The molecular formula is C24H34N2+2. The van der Waals surface area contributed by atoms with Crippen molar-refractivity contribution in [3.05, 3.63) is 71.8 Å². The largest absolute Gasteiger partial charge is 0.334 e. The predicted octanol–water partition coefficient (Wildman–Crippen LogP) is 1.83. The van der Waals surface area contributed by atoms with Crippen molar-refractivity contribution in [2.45, 2.75) is 32.2 Å². The van der Waals surface area contributed by atoms with E-state index in [2.05, 4.69) is 68.4 Å². The molecule has 0 saturated carbocycles. The number of hydrogen-bond donors (Lipinski definition) is 2. The summed E-state index contributed by atoms with van der Waals surface area (Å²) in [6.45, 7) is 4.54. The van der Waals surface area contributed by atoms with Crippen LogP contribution in [0.25, 0.3) is 0 Å². The summed E-state index contributed by atoms with van der Waals surface area (Å²) >= 11 is 0. The number of unbranched alkanes of at least 4 members (excludes halogenated alkanes) is 3. The SMILES string of the molecule is C[NH+](CC#Cc1ccccc1)CCCCCC[NH+](C)Cc1ccccc1. The first-order valence-corrected chi connectivity index (χ1v) is 9.94. The fourth-order valence-corrected chi connectivity index (χ4v) is 3.15. The lowest BCUT2D eigenvalue weighted by Crippen LogP contribution is -3.08. The first-order chi connectivity index (χ1) is 12.7. The van der Waals surface area contributed by atoms with Crippen molar-refractivity contribution >= 4 is 0 Å². The molecule has 2 heteroatoms. The Morgan fingerprint density at radius 2 is 1.27 bits per heavy atom. The number of quaternary nitrogens is 2. The number of hydrogen-bond acceptors (Lipinski definition) is 0. The van der Waals surface area contributed by atoms with Crippen LogP contribution in [0.5, 0.6) is 0 Å². The van der Waals surface area contributed by atoms with Crippen LogP contribution >= 0.6 is 0 Å². The third-order valence-electron chi connectivity index (χ3n) is 4.70. The molecule has 2 nitrogen and oxygen atoms in total. The minimum absolute atomic E-state index is 0.929. The van der Waals surface area contributed by atoms with Crippen molar-refractivity contribution < 1.29 is 9.80 Å². The fourth-order valence-electron chi connectivity index (χ4n) is 3.15. The van der Waals surface area contributed by atoms with Crippen molar-refractivity contribution in [1.29, 1.82) is 0 Å². The van der Waals surface area contributed by atoms with E-state index in [-0.39, 0.29) is 0 Å². The third kappa shape index (κ3) is 8.85. The van der Waals surface area contributed by atoms with Gasteiger partial charge in [-0.25, -0.2) is 0 Å². The fraction of sp³-hybridized carbons (Fsp3) is 0.417. The average molecular weight is 351 g/mol. The topological polar surface area (TPSA) is 8.88 Å². The van der Waals surface area contributed by atoms with Gasteiger partial charge < -0.3 is 9.80 Å². The summed E-state index contributed by atoms with van der Waals surface area (Å²) < 4.78 is 0. The Morgan fingerprint density at radius 1 is 0.692 bits per heavy atom. The molecule has 2 aromatic rings. The minimum Gasteiger partial charge on any atom is -0.334 e. The van der Waals surface area contributed by atoms with Crippen LogP contribution in [-0.2, 0) is 6.54 Å². The quantitative estimate of drug-likeness (QED) is 0.478. The Morgan fingerprint density at radius 3 is 1.92 bits per heavy atom. The van der Waals surface area contributed by atoms with Crippen LogP contribution in [0.2, 0.25) is 0 Å². The Bertz CT molecular complexity index is 655. The molecule has 2 atom stereocenters. The van der Waals surface area contributed by atoms with Gasteiger partial charge in [-0.05, 0) is 43.7 Å². The molecule has 0 aliphatic rings. The van der Waals surface area contributed by atoms with Crippen LogP contribution in [0.1, 0.15) is 36.8 Å². The van der Waals surface area contributed by atoms with E-state index in [0.717, 1.165) is 18.7 Å². The minimum atomic E-state index is 0.929. The first kappa shape index (κ1) is 20.2.